The number of hydrogen-bond donors (Lipinski definition) is 1. The highest BCUT2D eigenvalue weighted by molar-refractivity contribution is 7.89. The first-order valence-electron chi connectivity index (χ1n) is 9.59. The second-order valence-electron chi connectivity index (χ2n) is 7.42. The molecule has 0 aliphatic carbocycles. The number of benzene rings is 1. The maximum atomic E-state index is 12.9. The zero-order chi connectivity index (χ0) is 19.4. The van der Waals surface area contributed by atoms with Crippen LogP contribution in [-0.4, -0.2) is 63.9 Å². The van der Waals surface area contributed by atoms with E-state index >= 15 is 0 Å². The summed E-state index contributed by atoms with van der Waals surface area (Å²) in [5.74, 6) is 0.272. The summed E-state index contributed by atoms with van der Waals surface area (Å²) >= 11 is 0. The van der Waals surface area contributed by atoms with Gasteiger partial charge >= 0.3 is 0 Å². The van der Waals surface area contributed by atoms with Gasteiger partial charge in [-0.2, -0.15) is 4.31 Å². The molecule has 27 heavy (non-hydrogen) atoms. The first kappa shape index (κ1) is 20.1. The third-order valence-electron chi connectivity index (χ3n) is 5.38. The van der Waals surface area contributed by atoms with Crippen molar-refractivity contribution in [2.75, 3.05) is 45.7 Å². The van der Waals surface area contributed by atoms with E-state index in [1.807, 2.05) is 7.05 Å². The number of nitrogens with one attached hydrogen (secondary N) is 1. The SMILES string of the molecule is COc1ccc(S(=O)(=O)N2CCCCC2)cc1NC(=O)[C@@H]1CCCN(C)C1. The lowest BCUT2D eigenvalue weighted by Crippen LogP contribution is -2.38. The third kappa shape index (κ3) is 4.62. The van der Waals surface area contributed by atoms with Crippen molar-refractivity contribution in [3.8, 4) is 5.75 Å². The molecule has 0 radical (unpaired) electrons. The molecule has 2 fully saturated rings. The fraction of sp³-hybridized carbons (Fsp3) is 0.632. The van der Waals surface area contributed by atoms with Crippen molar-refractivity contribution >= 4 is 21.6 Å². The van der Waals surface area contributed by atoms with Gasteiger partial charge < -0.3 is 15.0 Å². The standard InChI is InChI=1S/C19H29N3O4S/c1-21-10-6-7-15(14-21)19(23)20-17-13-16(8-9-18(17)26-2)27(24,25)22-11-4-3-5-12-22/h8-9,13,15H,3-7,10-12,14H2,1-2H3,(H,20,23)/t15-/m1/s1. The molecular formula is C19H29N3O4S. The molecule has 2 heterocycles. The molecule has 0 saturated carbocycles. The Morgan fingerprint density at radius 3 is 2.56 bits per heavy atom. The quantitative estimate of drug-likeness (QED) is 0.826. The third-order valence-corrected chi connectivity index (χ3v) is 7.27. The van der Waals surface area contributed by atoms with Gasteiger partial charge in [0.05, 0.1) is 23.6 Å². The van der Waals surface area contributed by atoms with Crippen molar-refractivity contribution in [2.45, 2.75) is 37.0 Å². The van der Waals surface area contributed by atoms with Crippen LogP contribution in [0.25, 0.3) is 0 Å². The van der Waals surface area contributed by atoms with Gasteiger partial charge in [-0.1, -0.05) is 6.42 Å². The number of likely N-dealkylation sites (tertiary alicyclic amines) is 1. The van der Waals surface area contributed by atoms with Gasteiger partial charge in [0.1, 0.15) is 5.75 Å². The summed E-state index contributed by atoms with van der Waals surface area (Å²) in [7, 11) is -0.0428. The van der Waals surface area contributed by atoms with Crippen LogP contribution in [0.1, 0.15) is 32.1 Å². The van der Waals surface area contributed by atoms with Crippen molar-refractivity contribution in [3.05, 3.63) is 18.2 Å². The number of carbonyl (C=O) groups excluding carboxylic acids is 1. The van der Waals surface area contributed by atoms with E-state index in [-0.39, 0.29) is 16.7 Å². The Bertz CT molecular complexity index is 775. The van der Waals surface area contributed by atoms with E-state index in [0.29, 0.717) is 31.1 Å². The summed E-state index contributed by atoms with van der Waals surface area (Å²) in [6, 6.07) is 4.68. The number of nitrogens with zero attached hydrogens (tertiary/aromatic N) is 2. The lowest BCUT2D eigenvalue weighted by atomic mass is 9.97. The molecule has 2 aliphatic heterocycles. The Labute approximate surface area is 161 Å². The molecule has 0 spiro atoms. The number of piperidine rings is 2. The normalized spacial score (nSPS) is 22.4. The Morgan fingerprint density at radius 2 is 1.89 bits per heavy atom. The number of rotatable bonds is 5. The molecule has 2 saturated heterocycles. The molecule has 1 amide bonds. The largest absolute Gasteiger partial charge is 0.495 e. The highest BCUT2D eigenvalue weighted by atomic mass is 32.2. The maximum Gasteiger partial charge on any atom is 0.243 e. The van der Waals surface area contributed by atoms with Gasteiger partial charge in [0.2, 0.25) is 15.9 Å². The molecule has 0 unspecified atom stereocenters. The van der Waals surface area contributed by atoms with Crippen LogP contribution in [0.4, 0.5) is 5.69 Å². The van der Waals surface area contributed by atoms with Crippen LogP contribution in [-0.2, 0) is 14.8 Å². The lowest BCUT2D eigenvalue weighted by Gasteiger charge is -2.29. The van der Waals surface area contributed by atoms with E-state index in [1.165, 1.54) is 17.5 Å². The van der Waals surface area contributed by atoms with Gasteiger partial charge in [-0.25, -0.2) is 8.42 Å². The highest BCUT2D eigenvalue weighted by Gasteiger charge is 2.28. The van der Waals surface area contributed by atoms with Crippen LogP contribution in [0.2, 0.25) is 0 Å². The molecule has 1 aromatic carbocycles. The summed E-state index contributed by atoms with van der Waals surface area (Å²) in [6.45, 7) is 2.80. The molecule has 1 aromatic rings. The average molecular weight is 396 g/mol. The average Bonchev–Trinajstić information content (AvgIpc) is 2.68. The zero-order valence-electron chi connectivity index (χ0n) is 16.1. The topological polar surface area (TPSA) is 79.0 Å². The van der Waals surface area contributed by atoms with Crippen LogP contribution >= 0.6 is 0 Å². The predicted octanol–water partition coefficient (Wildman–Crippen LogP) is 2.15. The summed E-state index contributed by atoms with van der Waals surface area (Å²) in [5, 5.41) is 2.89. The second kappa shape index (κ2) is 8.58. The zero-order valence-corrected chi connectivity index (χ0v) is 16.9. The van der Waals surface area contributed by atoms with Gasteiger partial charge in [0.25, 0.3) is 0 Å². The molecule has 1 N–H and O–H groups in total. The Kier molecular flexibility index (Phi) is 6.39. The minimum absolute atomic E-state index is 0.0904. The summed E-state index contributed by atoms with van der Waals surface area (Å²) < 4.78 is 32.7. The van der Waals surface area contributed by atoms with Crippen molar-refractivity contribution in [3.63, 3.8) is 0 Å². The van der Waals surface area contributed by atoms with E-state index in [2.05, 4.69) is 10.2 Å². The van der Waals surface area contributed by atoms with E-state index in [9.17, 15) is 13.2 Å². The van der Waals surface area contributed by atoms with Crippen molar-refractivity contribution in [2.24, 2.45) is 5.92 Å². The number of amides is 1. The van der Waals surface area contributed by atoms with E-state index < -0.39 is 10.0 Å². The van der Waals surface area contributed by atoms with Crippen LogP contribution in [0.5, 0.6) is 5.75 Å². The molecular weight excluding hydrogens is 366 g/mol. The number of sulfonamides is 1. The molecule has 3 rings (SSSR count). The Hall–Kier alpha value is -1.64. The Morgan fingerprint density at radius 1 is 1.15 bits per heavy atom. The lowest BCUT2D eigenvalue weighted by molar-refractivity contribution is -0.121. The number of carbonyl (C=O) groups is 1. The monoisotopic (exact) mass is 395 g/mol. The minimum Gasteiger partial charge on any atom is -0.495 e. The molecule has 2 aliphatic rings. The molecule has 8 heteroatoms. The van der Waals surface area contributed by atoms with Gasteiger partial charge in [-0.15, -0.1) is 0 Å². The number of ether oxygens (including phenoxy) is 1. The van der Waals surface area contributed by atoms with Crippen LogP contribution < -0.4 is 10.1 Å². The van der Waals surface area contributed by atoms with E-state index in [1.54, 1.807) is 12.1 Å². The first-order valence-corrected chi connectivity index (χ1v) is 11.0. The Balaban J connectivity index is 1.82. The van der Waals surface area contributed by atoms with Gasteiger partial charge in [0, 0.05) is 19.6 Å². The second-order valence-corrected chi connectivity index (χ2v) is 9.36. The fourth-order valence-corrected chi connectivity index (χ4v) is 5.36. The summed E-state index contributed by atoms with van der Waals surface area (Å²) in [5.41, 5.74) is 0.411. The van der Waals surface area contributed by atoms with Crippen molar-refractivity contribution in [1.82, 2.24) is 9.21 Å². The summed E-state index contributed by atoms with van der Waals surface area (Å²) in [6.07, 6.45) is 4.65. The van der Waals surface area contributed by atoms with Gasteiger partial charge in [-0.3, -0.25) is 4.79 Å². The maximum absolute atomic E-state index is 12.9. The fourth-order valence-electron chi connectivity index (χ4n) is 3.81. The smallest absolute Gasteiger partial charge is 0.243 e. The molecule has 1 atom stereocenters. The molecule has 150 valence electrons. The van der Waals surface area contributed by atoms with E-state index in [0.717, 1.165) is 38.6 Å². The summed E-state index contributed by atoms with van der Waals surface area (Å²) in [4.78, 5) is 15.0. The van der Waals surface area contributed by atoms with E-state index in [4.69, 9.17) is 4.74 Å². The molecule has 0 aromatic heterocycles. The number of anilines is 1. The predicted molar refractivity (Wildman–Crippen MR) is 104 cm³/mol. The number of hydrogen-bond acceptors (Lipinski definition) is 5. The van der Waals surface area contributed by atoms with Crippen molar-refractivity contribution in [1.29, 1.82) is 0 Å². The van der Waals surface area contributed by atoms with Crippen LogP contribution in [0, 0.1) is 5.92 Å². The van der Waals surface area contributed by atoms with Crippen molar-refractivity contribution < 1.29 is 17.9 Å². The first-order chi connectivity index (χ1) is 12.9. The molecule has 0 bridgehead atoms. The minimum atomic E-state index is -3.56. The highest BCUT2D eigenvalue weighted by Crippen LogP contribution is 2.31. The van der Waals surface area contributed by atoms with Crippen LogP contribution in [0.3, 0.4) is 0 Å². The van der Waals surface area contributed by atoms with Crippen LogP contribution in [0.15, 0.2) is 23.1 Å². The van der Waals surface area contributed by atoms with Gasteiger partial charge in [-0.05, 0) is 57.5 Å². The molecule has 7 nitrogen and oxygen atoms in total. The number of methoxy groups -OCH3 is 1. The van der Waals surface area contributed by atoms with Gasteiger partial charge in [0.15, 0.2) is 0 Å².